The molecule has 0 aliphatic carbocycles. The third-order valence-corrected chi connectivity index (χ3v) is 6.09. The number of methoxy groups -OCH3 is 2. The molecule has 158 valence electrons. The van der Waals surface area contributed by atoms with Gasteiger partial charge in [0.1, 0.15) is 18.0 Å². The lowest BCUT2D eigenvalue weighted by atomic mass is 10.1. The van der Waals surface area contributed by atoms with Gasteiger partial charge in [-0.05, 0) is 36.6 Å². The molecule has 0 aliphatic heterocycles. The van der Waals surface area contributed by atoms with Gasteiger partial charge in [-0.3, -0.25) is 9.10 Å². The summed E-state index contributed by atoms with van der Waals surface area (Å²) >= 11 is 0. The number of carbonyl (C=O) groups excluding carboxylic acids is 1. The van der Waals surface area contributed by atoms with Crippen molar-refractivity contribution >= 4 is 21.6 Å². The summed E-state index contributed by atoms with van der Waals surface area (Å²) in [5, 5.41) is 2.79. The Morgan fingerprint density at radius 1 is 1.07 bits per heavy atom. The molecule has 0 aliphatic rings. The average molecular weight is 421 g/mol. The zero-order chi connectivity index (χ0) is 21.4. The standard InChI is InChI=1S/C21H28N2O5S/c1-16(2)12-13-22-21(24)15-23(29(25,26)18-8-6-5-7-9-18)19-14-17(27-3)10-11-20(19)28-4/h5-11,14,16H,12-13,15H2,1-4H3,(H,22,24). The van der Waals surface area contributed by atoms with E-state index in [1.807, 2.05) is 0 Å². The second-order valence-electron chi connectivity index (χ2n) is 6.89. The molecule has 1 N–H and O–H groups in total. The molecule has 0 unspecified atom stereocenters. The number of sulfonamides is 1. The highest BCUT2D eigenvalue weighted by molar-refractivity contribution is 7.92. The maximum atomic E-state index is 13.4. The highest BCUT2D eigenvalue weighted by Gasteiger charge is 2.29. The number of hydrogen-bond donors (Lipinski definition) is 1. The first-order valence-corrected chi connectivity index (χ1v) is 10.8. The number of carbonyl (C=O) groups is 1. The topological polar surface area (TPSA) is 84.9 Å². The Kier molecular flexibility index (Phi) is 7.90. The molecule has 0 fully saturated rings. The fourth-order valence-corrected chi connectivity index (χ4v) is 4.14. The molecule has 0 spiro atoms. The summed E-state index contributed by atoms with van der Waals surface area (Å²) < 4.78 is 38.4. The lowest BCUT2D eigenvalue weighted by molar-refractivity contribution is -0.119. The van der Waals surface area contributed by atoms with Gasteiger partial charge in [0.05, 0.1) is 24.8 Å². The molecule has 0 saturated heterocycles. The molecule has 0 aromatic heterocycles. The summed E-state index contributed by atoms with van der Waals surface area (Å²) in [6.07, 6.45) is 0.805. The van der Waals surface area contributed by atoms with E-state index >= 15 is 0 Å². The molecule has 0 atom stereocenters. The van der Waals surface area contributed by atoms with Gasteiger partial charge in [0.25, 0.3) is 10.0 Å². The molecular weight excluding hydrogens is 392 g/mol. The molecule has 0 heterocycles. The van der Waals surface area contributed by atoms with Gasteiger partial charge in [-0.2, -0.15) is 0 Å². The second-order valence-corrected chi connectivity index (χ2v) is 8.76. The number of benzene rings is 2. The normalized spacial score (nSPS) is 11.2. The molecule has 29 heavy (non-hydrogen) atoms. The minimum absolute atomic E-state index is 0.0832. The Morgan fingerprint density at radius 2 is 1.76 bits per heavy atom. The van der Waals surface area contributed by atoms with Crippen molar-refractivity contribution in [3.8, 4) is 11.5 Å². The lowest BCUT2D eigenvalue weighted by Gasteiger charge is -2.26. The van der Waals surface area contributed by atoms with E-state index in [-0.39, 0.29) is 17.1 Å². The monoisotopic (exact) mass is 420 g/mol. The van der Waals surface area contributed by atoms with E-state index < -0.39 is 15.9 Å². The van der Waals surface area contributed by atoms with E-state index in [1.54, 1.807) is 36.4 Å². The second kappa shape index (κ2) is 10.2. The van der Waals surface area contributed by atoms with Crippen LogP contribution < -0.4 is 19.1 Å². The number of anilines is 1. The van der Waals surface area contributed by atoms with Gasteiger partial charge in [-0.1, -0.05) is 32.0 Å². The van der Waals surface area contributed by atoms with Crippen LogP contribution in [0.2, 0.25) is 0 Å². The van der Waals surface area contributed by atoms with Gasteiger partial charge >= 0.3 is 0 Å². The molecule has 2 aromatic rings. The van der Waals surface area contributed by atoms with Gasteiger partial charge in [0.15, 0.2) is 0 Å². The van der Waals surface area contributed by atoms with Crippen molar-refractivity contribution in [2.75, 3.05) is 31.6 Å². The van der Waals surface area contributed by atoms with Gasteiger partial charge in [-0.25, -0.2) is 8.42 Å². The molecule has 8 heteroatoms. The Labute approximate surface area is 172 Å². The van der Waals surface area contributed by atoms with Crippen LogP contribution in [0.15, 0.2) is 53.4 Å². The third-order valence-electron chi connectivity index (χ3n) is 4.32. The number of rotatable bonds is 10. The van der Waals surface area contributed by atoms with Crippen LogP contribution in [0.25, 0.3) is 0 Å². The van der Waals surface area contributed by atoms with Gasteiger partial charge in [0, 0.05) is 12.6 Å². The number of nitrogens with one attached hydrogen (secondary N) is 1. The number of nitrogens with zero attached hydrogens (tertiary/aromatic N) is 1. The fourth-order valence-electron chi connectivity index (χ4n) is 2.70. The van der Waals surface area contributed by atoms with Crippen molar-refractivity contribution in [2.45, 2.75) is 25.2 Å². The van der Waals surface area contributed by atoms with Crippen LogP contribution in [0.5, 0.6) is 11.5 Å². The summed E-state index contributed by atoms with van der Waals surface area (Å²) in [4.78, 5) is 12.6. The summed E-state index contributed by atoms with van der Waals surface area (Å²) in [7, 11) is -1.08. The maximum Gasteiger partial charge on any atom is 0.264 e. The summed E-state index contributed by atoms with van der Waals surface area (Å²) in [5.41, 5.74) is 0.231. The number of hydrogen-bond acceptors (Lipinski definition) is 5. The highest BCUT2D eigenvalue weighted by Crippen LogP contribution is 2.35. The predicted molar refractivity (Wildman–Crippen MR) is 113 cm³/mol. The molecule has 0 saturated carbocycles. The number of amides is 1. The maximum absolute atomic E-state index is 13.4. The molecule has 7 nitrogen and oxygen atoms in total. The highest BCUT2D eigenvalue weighted by atomic mass is 32.2. The number of ether oxygens (including phenoxy) is 2. The smallest absolute Gasteiger partial charge is 0.264 e. The third kappa shape index (κ3) is 5.87. The Hall–Kier alpha value is -2.74. The van der Waals surface area contributed by atoms with E-state index in [0.29, 0.717) is 24.0 Å². The lowest BCUT2D eigenvalue weighted by Crippen LogP contribution is -2.41. The van der Waals surface area contributed by atoms with E-state index in [0.717, 1.165) is 10.7 Å². The van der Waals surface area contributed by atoms with Crippen molar-refractivity contribution in [1.29, 1.82) is 0 Å². The molecule has 0 radical (unpaired) electrons. The van der Waals surface area contributed by atoms with E-state index in [4.69, 9.17) is 9.47 Å². The largest absolute Gasteiger partial charge is 0.497 e. The zero-order valence-electron chi connectivity index (χ0n) is 17.2. The van der Waals surface area contributed by atoms with Crippen LogP contribution in [0.3, 0.4) is 0 Å². The van der Waals surface area contributed by atoms with Crippen molar-refractivity contribution in [1.82, 2.24) is 5.32 Å². The summed E-state index contributed by atoms with van der Waals surface area (Å²) in [6, 6.07) is 12.8. The van der Waals surface area contributed by atoms with Crippen LogP contribution in [0.1, 0.15) is 20.3 Å². The van der Waals surface area contributed by atoms with Crippen LogP contribution >= 0.6 is 0 Å². The predicted octanol–water partition coefficient (Wildman–Crippen LogP) is 3.06. The van der Waals surface area contributed by atoms with Crippen molar-refractivity contribution in [3.05, 3.63) is 48.5 Å². The molecule has 0 bridgehead atoms. The van der Waals surface area contributed by atoms with Crippen LogP contribution in [-0.2, 0) is 14.8 Å². The van der Waals surface area contributed by atoms with Crippen molar-refractivity contribution in [2.24, 2.45) is 5.92 Å². The molecule has 2 aromatic carbocycles. The minimum Gasteiger partial charge on any atom is -0.497 e. The first-order valence-electron chi connectivity index (χ1n) is 9.36. The summed E-state index contributed by atoms with van der Waals surface area (Å²) in [5.74, 6) is 0.808. The first kappa shape index (κ1) is 22.5. The van der Waals surface area contributed by atoms with E-state index in [9.17, 15) is 13.2 Å². The van der Waals surface area contributed by atoms with Crippen LogP contribution in [-0.4, -0.2) is 41.6 Å². The first-order chi connectivity index (χ1) is 13.8. The zero-order valence-corrected chi connectivity index (χ0v) is 18.0. The Morgan fingerprint density at radius 3 is 2.34 bits per heavy atom. The van der Waals surface area contributed by atoms with Gasteiger partial charge < -0.3 is 14.8 Å². The molecule has 1 amide bonds. The van der Waals surface area contributed by atoms with E-state index in [2.05, 4.69) is 19.2 Å². The van der Waals surface area contributed by atoms with Crippen molar-refractivity contribution < 1.29 is 22.7 Å². The van der Waals surface area contributed by atoms with Crippen LogP contribution in [0, 0.1) is 5.92 Å². The quantitative estimate of drug-likeness (QED) is 0.639. The molecular formula is C21H28N2O5S. The molecule has 2 rings (SSSR count). The van der Waals surface area contributed by atoms with Crippen LogP contribution in [0.4, 0.5) is 5.69 Å². The Bertz CT molecular complexity index is 914. The van der Waals surface area contributed by atoms with Crippen molar-refractivity contribution in [3.63, 3.8) is 0 Å². The van der Waals surface area contributed by atoms with Gasteiger partial charge in [-0.15, -0.1) is 0 Å². The minimum atomic E-state index is -4.01. The Balaban J connectivity index is 2.45. The average Bonchev–Trinajstić information content (AvgIpc) is 2.71. The van der Waals surface area contributed by atoms with E-state index in [1.165, 1.54) is 26.4 Å². The summed E-state index contributed by atoms with van der Waals surface area (Å²) in [6.45, 7) is 4.21. The SMILES string of the molecule is COc1ccc(OC)c(N(CC(=O)NCCC(C)C)S(=O)(=O)c2ccccc2)c1. The fraction of sp³-hybridized carbons (Fsp3) is 0.381. The van der Waals surface area contributed by atoms with Gasteiger partial charge in [0.2, 0.25) is 5.91 Å².